The van der Waals surface area contributed by atoms with Gasteiger partial charge in [0.1, 0.15) is 0 Å². The average molecular weight is 260 g/mol. The Bertz CT molecular complexity index is 353. The molecular weight excluding hydrogens is 244 g/mol. The molecule has 0 unspecified atom stereocenters. The van der Waals surface area contributed by atoms with Crippen molar-refractivity contribution < 1.29 is 0 Å². The molecule has 0 amide bonds. The minimum absolute atomic E-state index is 0.817. The van der Waals surface area contributed by atoms with E-state index < -0.39 is 0 Å². The van der Waals surface area contributed by atoms with Gasteiger partial charge in [0.25, 0.3) is 0 Å². The van der Waals surface area contributed by atoms with E-state index in [1.54, 1.807) is 35.3 Å². The highest BCUT2D eigenvalue weighted by Crippen LogP contribution is 2.39. The first kappa shape index (κ1) is 12.9. The van der Waals surface area contributed by atoms with Crippen LogP contribution in [0.25, 0.3) is 0 Å². The highest BCUT2D eigenvalue weighted by molar-refractivity contribution is 7.99. The fourth-order valence-electron chi connectivity index (χ4n) is 1.38. The molecule has 0 spiro atoms. The van der Waals surface area contributed by atoms with E-state index in [1.165, 1.54) is 5.56 Å². The zero-order valence-corrected chi connectivity index (χ0v) is 11.6. The van der Waals surface area contributed by atoms with Crippen LogP contribution >= 0.6 is 35.3 Å². The zero-order chi connectivity index (χ0) is 11.4. The van der Waals surface area contributed by atoms with Crippen LogP contribution in [0.15, 0.2) is 15.9 Å². The summed E-state index contributed by atoms with van der Waals surface area (Å²) in [6.45, 7) is 0. The van der Waals surface area contributed by atoms with E-state index >= 15 is 0 Å². The van der Waals surface area contributed by atoms with Gasteiger partial charge < -0.3 is 11.5 Å². The summed E-state index contributed by atoms with van der Waals surface area (Å²) in [6.07, 6.45) is 6.12. The van der Waals surface area contributed by atoms with Crippen LogP contribution < -0.4 is 11.5 Å². The molecule has 1 aromatic carbocycles. The summed E-state index contributed by atoms with van der Waals surface area (Å²) in [6, 6.07) is 2.10. The molecule has 0 aromatic heterocycles. The Labute approximate surface area is 104 Å². The lowest BCUT2D eigenvalue weighted by atomic mass is 10.2. The Balaban J connectivity index is 3.30. The number of benzene rings is 1. The molecule has 4 N–H and O–H groups in total. The molecule has 2 nitrogen and oxygen atoms in total. The number of anilines is 2. The van der Waals surface area contributed by atoms with Crippen molar-refractivity contribution in [1.29, 1.82) is 0 Å². The lowest BCUT2D eigenvalue weighted by Gasteiger charge is -2.14. The second kappa shape index (κ2) is 5.82. The second-order valence-electron chi connectivity index (χ2n) is 3.03. The summed E-state index contributed by atoms with van der Waals surface area (Å²) in [7, 11) is 0. The molecule has 0 fully saturated rings. The van der Waals surface area contributed by atoms with Gasteiger partial charge in [0.15, 0.2) is 0 Å². The summed E-state index contributed by atoms with van der Waals surface area (Å²) >= 11 is 5.06. The molecular formula is C10H16N2S3. The van der Waals surface area contributed by atoms with E-state index in [-0.39, 0.29) is 0 Å². The number of rotatable bonds is 4. The van der Waals surface area contributed by atoms with Crippen molar-refractivity contribution in [2.45, 2.75) is 15.5 Å². The van der Waals surface area contributed by atoms with Crippen LogP contribution in [0, 0.1) is 0 Å². The SMILES string of the molecule is CSCc1cc(SC)c(N)c(SC)c1N. The standard InChI is InChI=1S/C10H16N2S3/c1-13-5-6-4-7(14-2)9(12)10(15-3)8(6)11/h4H,5,11-12H2,1-3H3. The maximum absolute atomic E-state index is 6.08. The first-order chi connectivity index (χ1) is 7.15. The van der Waals surface area contributed by atoms with E-state index in [1.807, 2.05) is 12.5 Å². The summed E-state index contributed by atoms with van der Waals surface area (Å²) in [5.41, 5.74) is 15.0. The van der Waals surface area contributed by atoms with Crippen molar-refractivity contribution in [1.82, 2.24) is 0 Å². The molecule has 0 saturated heterocycles. The number of nitrogen functional groups attached to an aromatic ring is 2. The van der Waals surface area contributed by atoms with Crippen molar-refractivity contribution in [2.24, 2.45) is 0 Å². The predicted molar refractivity (Wildman–Crippen MR) is 76.0 cm³/mol. The molecule has 0 bridgehead atoms. The molecule has 15 heavy (non-hydrogen) atoms. The van der Waals surface area contributed by atoms with E-state index in [0.29, 0.717) is 0 Å². The van der Waals surface area contributed by atoms with Crippen molar-refractivity contribution in [2.75, 3.05) is 30.2 Å². The van der Waals surface area contributed by atoms with Crippen molar-refractivity contribution >= 4 is 46.7 Å². The van der Waals surface area contributed by atoms with Gasteiger partial charge in [-0.3, -0.25) is 0 Å². The highest BCUT2D eigenvalue weighted by atomic mass is 32.2. The number of nitrogens with two attached hydrogens (primary N) is 2. The lowest BCUT2D eigenvalue weighted by Crippen LogP contribution is -2.01. The molecule has 5 heteroatoms. The summed E-state index contributed by atoms with van der Waals surface area (Å²) in [5.74, 6) is 0.938. The van der Waals surface area contributed by atoms with E-state index in [9.17, 15) is 0 Å². The molecule has 0 saturated carbocycles. The molecule has 0 radical (unpaired) electrons. The maximum atomic E-state index is 6.08. The van der Waals surface area contributed by atoms with Gasteiger partial charge in [0, 0.05) is 10.6 Å². The normalized spacial score (nSPS) is 10.6. The quantitative estimate of drug-likeness (QED) is 0.643. The predicted octanol–water partition coefficient (Wildman–Crippen LogP) is 3.16. The fourth-order valence-corrected chi connectivity index (χ4v) is 3.26. The van der Waals surface area contributed by atoms with Gasteiger partial charge >= 0.3 is 0 Å². The summed E-state index contributed by atoms with van der Waals surface area (Å²) < 4.78 is 0. The summed E-state index contributed by atoms with van der Waals surface area (Å²) in [4.78, 5) is 2.14. The Kier molecular flexibility index (Phi) is 5.02. The van der Waals surface area contributed by atoms with Crippen LogP contribution in [0.2, 0.25) is 0 Å². The smallest absolute Gasteiger partial charge is 0.0611 e. The number of hydrogen-bond donors (Lipinski definition) is 2. The fraction of sp³-hybridized carbons (Fsp3) is 0.400. The van der Waals surface area contributed by atoms with Crippen molar-refractivity contribution in [3.63, 3.8) is 0 Å². The van der Waals surface area contributed by atoms with E-state index in [4.69, 9.17) is 11.5 Å². The largest absolute Gasteiger partial charge is 0.398 e. The van der Waals surface area contributed by atoms with Gasteiger partial charge in [-0.15, -0.1) is 23.5 Å². The molecule has 0 atom stereocenters. The first-order valence-electron chi connectivity index (χ1n) is 4.43. The lowest BCUT2D eigenvalue weighted by molar-refractivity contribution is 1.27. The van der Waals surface area contributed by atoms with Gasteiger partial charge in [-0.1, -0.05) is 0 Å². The van der Waals surface area contributed by atoms with Crippen molar-refractivity contribution in [3.05, 3.63) is 11.6 Å². The molecule has 0 aliphatic rings. The number of thioether (sulfide) groups is 3. The summed E-state index contributed by atoms with van der Waals surface area (Å²) in [5, 5.41) is 0. The number of hydrogen-bond acceptors (Lipinski definition) is 5. The average Bonchev–Trinajstić information content (AvgIpc) is 2.23. The van der Waals surface area contributed by atoms with Crippen LogP contribution in [0.3, 0.4) is 0 Å². The topological polar surface area (TPSA) is 52.0 Å². The van der Waals surface area contributed by atoms with E-state index in [2.05, 4.69) is 12.3 Å². The van der Waals surface area contributed by atoms with Crippen LogP contribution in [0.5, 0.6) is 0 Å². The highest BCUT2D eigenvalue weighted by Gasteiger charge is 2.12. The van der Waals surface area contributed by atoms with E-state index in [0.717, 1.165) is 26.9 Å². The van der Waals surface area contributed by atoms with Crippen molar-refractivity contribution in [3.8, 4) is 0 Å². The minimum Gasteiger partial charge on any atom is -0.398 e. The van der Waals surface area contributed by atoms with Gasteiger partial charge in [0.2, 0.25) is 0 Å². The Hall–Kier alpha value is -0.130. The van der Waals surface area contributed by atoms with Crippen LogP contribution in [0.1, 0.15) is 5.56 Å². The van der Waals surface area contributed by atoms with Crippen LogP contribution in [0.4, 0.5) is 11.4 Å². The second-order valence-corrected chi connectivity index (χ2v) is 5.56. The molecule has 0 heterocycles. The monoisotopic (exact) mass is 260 g/mol. The van der Waals surface area contributed by atoms with Gasteiger partial charge in [-0.25, -0.2) is 0 Å². The van der Waals surface area contributed by atoms with Gasteiger partial charge in [-0.05, 0) is 30.4 Å². The van der Waals surface area contributed by atoms with Gasteiger partial charge in [0.05, 0.1) is 16.3 Å². The maximum Gasteiger partial charge on any atom is 0.0611 e. The first-order valence-corrected chi connectivity index (χ1v) is 8.27. The van der Waals surface area contributed by atoms with Crippen LogP contribution in [-0.2, 0) is 5.75 Å². The Morgan fingerprint density at radius 1 is 1.07 bits per heavy atom. The zero-order valence-electron chi connectivity index (χ0n) is 9.16. The third-order valence-corrected chi connectivity index (χ3v) is 4.36. The minimum atomic E-state index is 0.817. The molecule has 1 aromatic rings. The van der Waals surface area contributed by atoms with Crippen LogP contribution in [-0.4, -0.2) is 18.8 Å². The Morgan fingerprint density at radius 2 is 1.73 bits per heavy atom. The molecule has 1 rings (SSSR count). The van der Waals surface area contributed by atoms with Gasteiger partial charge in [-0.2, -0.15) is 11.8 Å². The molecule has 84 valence electrons. The molecule has 0 aliphatic heterocycles. The molecule has 0 aliphatic carbocycles. The third kappa shape index (κ3) is 2.71. The Morgan fingerprint density at radius 3 is 2.20 bits per heavy atom. The third-order valence-electron chi connectivity index (χ3n) is 2.13.